The Morgan fingerprint density at radius 1 is 0.904 bits per heavy atom. The number of hydrogen-bond donors (Lipinski definition) is 2. The number of hydrogen-bond acceptors (Lipinski definition) is 5. The van der Waals surface area contributed by atoms with Crippen molar-refractivity contribution in [2.45, 2.75) is 164 Å². The molecule has 12 atom stereocenters. The molecular weight excluding hydrogens is 649 g/mol. The number of amides is 2. The lowest BCUT2D eigenvalue weighted by atomic mass is 9.38. The van der Waals surface area contributed by atoms with E-state index in [-0.39, 0.29) is 71.4 Å². The SMILES string of the molecule is C.CC(C)C1=C2C3CCC4C(C)(CCC5C(C)C(CC(=O)C6CC(C=O)C6C)CCC54C)C3CCC2(NC(=O)C(C)(C)NC(=O)C2CCC2)CC1=O. The maximum absolute atomic E-state index is 14.1. The van der Waals surface area contributed by atoms with Crippen molar-refractivity contribution in [2.24, 2.45) is 75.9 Å². The number of ketones is 2. The van der Waals surface area contributed by atoms with Crippen LogP contribution in [-0.4, -0.2) is 40.7 Å². The molecule has 0 aromatic heterocycles. The average molecular weight is 719 g/mol. The smallest absolute Gasteiger partial charge is 0.245 e. The molecule has 0 bridgehead atoms. The topological polar surface area (TPSA) is 109 Å². The van der Waals surface area contributed by atoms with E-state index < -0.39 is 11.1 Å². The largest absolute Gasteiger partial charge is 0.344 e. The van der Waals surface area contributed by atoms with Crippen molar-refractivity contribution in [3.05, 3.63) is 11.1 Å². The van der Waals surface area contributed by atoms with Gasteiger partial charge in [-0.3, -0.25) is 19.2 Å². The highest BCUT2D eigenvalue weighted by molar-refractivity contribution is 6.03. The molecule has 6 fully saturated rings. The number of nitrogens with one attached hydrogen (secondary N) is 2. The molecule has 2 amide bonds. The van der Waals surface area contributed by atoms with Crippen LogP contribution in [0.15, 0.2) is 11.1 Å². The summed E-state index contributed by atoms with van der Waals surface area (Å²) in [6.07, 6.45) is 14.3. The molecule has 0 saturated heterocycles. The summed E-state index contributed by atoms with van der Waals surface area (Å²) in [5.41, 5.74) is 0.864. The molecule has 12 unspecified atom stereocenters. The highest BCUT2D eigenvalue weighted by Gasteiger charge is 2.65. The molecule has 290 valence electrons. The van der Waals surface area contributed by atoms with Crippen molar-refractivity contribution in [1.82, 2.24) is 10.6 Å². The first-order valence-corrected chi connectivity index (χ1v) is 20.9. The lowest BCUT2D eigenvalue weighted by molar-refractivity contribution is -0.171. The summed E-state index contributed by atoms with van der Waals surface area (Å²) in [6.45, 7) is 17.6. The molecule has 0 heterocycles. The molecular formula is C45H70N2O5. The summed E-state index contributed by atoms with van der Waals surface area (Å²) in [7, 11) is 0. The van der Waals surface area contributed by atoms with Crippen LogP contribution in [-0.2, 0) is 24.0 Å². The summed E-state index contributed by atoms with van der Waals surface area (Å²) in [5.74, 6) is 3.70. The third-order valence-corrected chi connectivity index (χ3v) is 17.1. The van der Waals surface area contributed by atoms with Gasteiger partial charge in [-0.15, -0.1) is 0 Å². The molecule has 52 heavy (non-hydrogen) atoms. The van der Waals surface area contributed by atoms with E-state index in [1.165, 1.54) is 24.8 Å². The third-order valence-electron chi connectivity index (χ3n) is 17.1. The zero-order chi connectivity index (χ0) is 36.8. The lowest BCUT2D eigenvalue weighted by Crippen LogP contribution is -2.65. The number of fused-ring (bicyclic) bond motifs is 7. The summed E-state index contributed by atoms with van der Waals surface area (Å²) in [5, 5.41) is 6.52. The lowest BCUT2D eigenvalue weighted by Gasteiger charge is -2.67. The van der Waals surface area contributed by atoms with E-state index in [9.17, 15) is 24.0 Å². The molecule has 2 N–H and O–H groups in total. The average Bonchev–Trinajstić information content (AvgIpc) is 3.32. The summed E-state index contributed by atoms with van der Waals surface area (Å²) in [6, 6.07) is 0. The Morgan fingerprint density at radius 3 is 2.17 bits per heavy atom. The van der Waals surface area contributed by atoms with Gasteiger partial charge in [0, 0.05) is 30.6 Å². The predicted octanol–water partition coefficient (Wildman–Crippen LogP) is 8.43. The van der Waals surface area contributed by atoms with Crippen LogP contribution in [0.4, 0.5) is 0 Å². The molecule has 7 aliphatic carbocycles. The van der Waals surface area contributed by atoms with Crippen LogP contribution in [0.2, 0.25) is 0 Å². The Balaban J connectivity index is 0.00000464. The van der Waals surface area contributed by atoms with Crippen LogP contribution < -0.4 is 10.6 Å². The van der Waals surface area contributed by atoms with Crippen molar-refractivity contribution in [3.63, 3.8) is 0 Å². The maximum Gasteiger partial charge on any atom is 0.245 e. The van der Waals surface area contributed by atoms with Gasteiger partial charge >= 0.3 is 0 Å². The molecule has 0 spiro atoms. The fourth-order valence-corrected chi connectivity index (χ4v) is 13.8. The molecule has 6 saturated carbocycles. The van der Waals surface area contributed by atoms with Crippen molar-refractivity contribution >= 4 is 29.7 Å². The number of carbonyl (C=O) groups excluding carboxylic acids is 5. The Labute approximate surface area is 314 Å². The summed E-state index contributed by atoms with van der Waals surface area (Å²) < 4.78 is 0. The highest BCUT2D eigenvalue weighted by atomic mass is 16.2. The van der Waals surface area contributed by atoms with E-state index in [0.29, 0.717) is 48.2 Å². The van der Waals surface area contributed by atoms with Crippen LogP contribution in [0, 0.1) is 75.9 Å². The third kappa shape index (κ3) is 5.99. The second-order valence-electron chi connectivity index (χ2n) is 20.2. The van der Waals surface area contributed by atoms with Gasteiger partial charge in [-0.25, -0.2) is 0 Å². The van der Waals surface area contributed by atoms with E-state index >= 15 is 0 Å². The highest BCUT2D eigenvalue weighted by Crippen LogP contribution is 2.71. The zero-order valence-electron chi connectivity index (χ0n) is 32.9. The number of carbonyl (C=O) groups is 5. The predicted molar refractivity (Wildman–Crippen MR) is 205 cm³/mol. The van der Waals surface area contributed by atoms with E-state index in [1.54, 1.807) is 13.8 Å². The normalized spacial score (nSPS) is 42.7. The van der Waals surface area contributed by atoms with E-state index in [4.69, 9.17) is 0 Å². The summed E-state index contributed by atoms with van der Waals surface area (Å²) in [4.78, 5) is 65.7. The van der Waals surface area contributed by atoms with Gasteiger partial charge in [0.15, 0.2) is 5.78 Å². The second kappa shape index (κ2) is 13.8. The van der Waals surface area contributed by atoms with Crippen molar-refractivity contribution in [1.29, 1.82) is 0 Å². The molecule has 0 aliphatic heterocycles. The number of rotatable bonds is 9. The quantitative estimate of drug-likeness (QED) is 0.233. The number of Topliss-reactive ketones (excluding diaryl/α,β-unsaturated/α-hetero) is 2. The van der Waals surface area contributed by atoms with Crippen LogP contribution in [0.1, 0.15) is 153 Å². The van der Waals surface area contributed by atoms with Crippen LogP contribution in [0.5, 0.6) is 0 Å². The Hall–Kier alpha value is -2.31. The van der Waals surface area contributed by atoms with Gasteiger partial charge in [0.05, 0.1) is 5.54 Å². The van der Waals surface area contributed by atoms with Gasteiger partial charge in [0.1, 0.15) is 17.6 Å². The van der Waals surface area contributed by atoms with Gasteiger partial charge in [-0.05, 0) is 154 Å². The first-order chi connectivity index (χ1) is 24.0. The molecule has 7 nitrogen and oxygen atoms in total. The Kier molecular flexibility index (Phi) is 10.4. The maximum atomic E-state index is 14.1. The minimum atomic E-state index is -1.06. The van der Waals surface area contributed by atoms with Crippen LogP contribution in [0.25, 0.3) is 0 Å². The number of aldehydes is 1. The molecule has 0 aromatic rings. The van der Waals surface area contributed by atoms with E-state index in [2.05, 4.69) is 52.2 Å². The summed E-state index contributed by atoms with van der Waals surface area (Å²) >= 11 is 0. The zero-order valence-corrected chi connectivity index (χ0v) is 32.9. The molecule has 0 radical (unpaired) electrons. The first kappa shape index (κ1) is 39.4. The Bertz CT molecular complexity index is 1510. The molecule has 7 rings (SSSR count). The van der Waals surface area contributed by atoms with Gasteiger partial charge in [-0.2, -0.15) is 0 Å². The fraction of sp³-hybridized carbons (Fsp3) is 0.844. The molecule has 7 heteroatoms. The Morgan fingerprint density at radius 2 is 1.56 bits per heavy atom. The minimum absolute atomic E-state index is 0. The van der Waals surface area contributed by atoms with Crippen molar-refractivity contribution in [3.8, 4) is 0 Å². The van der Waals surface area contributed by atoms with E-state index in [1.807, 2.05) is 0 Å². The van der Waals surface area contributed by atoms with Gasteiger partial charge in [-0.1, -0.05) is 55.4 Å². The van der Waals surface area contributed by atoms with Gasteiger partial charge in [0.2, 0.25) is 11.8 Å². The molecule has 0 aromatic carbocycles. The van der Waals surface area contributed by atoms with Crippen LogP contribution >= 0.6 is 0 Å². The number of allylic oxidation sites excluding steroid dienone is 1. The van der Waals surface area contributed by atoms with Crippen LogP contribution in [0.3, 0.4) is 0 Å². The fourth-order valence-electron chi connectivity index (χ4n) is 13.8. The van der Waals surface area contributed by atoms with Crippen molar-refractivity contribution < 1.29 is 24.0 Å². The van der Waals surface area contributed by atoms with Gasteiger partial charge < -0.3 is 15.4 Å². The monoisotopic (exact) mass is 719 g/mol. The minimum Gasteiger partial charge on any atom is -0.344 e. The second-order valence-corrected chi connectivity index (χ2v) is 20.2. The first-order valence-electron chi connectivity index (χ1n) is 20.9. The van der Waals surface area contributed by atoms with Gasteiger partial charge in [0.25, 0.3) is 0 Å². The van der Waals surface area contributed by atoms with E-state index in [0.717, 1.165) is 69.6 Å². The standard InChI is InChI=1S/C44H66N2O5.CH4/c1-24(2)37-35(49)22-44(46-40(51)41(5,6)45-39(50)27-10-9-11-27)19-16-33-30(38(37)44)12-13-36-42(7)17-14-28(26(4)32(42)15-18-43(33,36)8)21-34(48)31-20-29(23-47)25(31)3;/h23-33,36H,9-22H2,1-8H3,(H,45,50)(H,46,51);1H4. The molecule has 7 aliphatic rings. The van der Waals surface area contributed by atoms with Crippen molar-refractivity contribution in [2.75, 3.05) is 0 Å².